The summed E-state index contributed by atoms with van der Waals surface area (Å²) < 4.78 is 60.3. The van der Waals surface area contributed by atoms with Gasteiger partial charge in [-0.3, -0.25) is 0 Å². The highest BCUT2D eigenvalue weighted by molar-refractivity contribution is 7.90. The van der Waals surface area contributed by atoms with Gasteiger partial charge >= 0.3 is 12.2 Å². The lowest BCUT2D eigenvalue weighted by atomic mass is 10.2. The first kappa shape index (κ1) is 17.8. The molecule has 128 valence electrons. The smallest absolute Gasteiger partial charge is 0.308 e. The van der Waals surface area contributed by atoms with Crippen molar-refractivity contribution in [1.29, 1.82) is 0 Å². The molecule has 0 bridgehead atoms. The van der Waals surface area contributed by atoms with Gasteiger partial charge in [0.25, 0.3) is 0 Å². The largest absolute Gasteiger partial charge is 0.416 e. The Balaban J connectivity index is 2.06. The van der Waals surface area contributed by atoms with Crippen LogP contribution in [0.15, 0.2) is 53.4 Å². The lowest BCUT2D eigenvalue weighted by Gasteiger charge is -2.10. The zero-order chi connectivity index (χ0) is 18.0. The summed E-state index contributed by atoms with van der Waals surface area (Å²) in [5.74, 6) is 0. The number of hydrogen-bond donors (Lipinski definition) is 2. The maximum absolute atomic E-state index is 12.5. The Morgan fingerprint density at radius 1 is 0.958 bits per heavy atom. The van der Waals surface area contributed by atoms with Crippen LogP contribution >= 0.6 is 0 Å². The number of carbonyl (C=O) groups excluding carboxylic acids is 1. The molecule has 0 aliphatic heterocycles. The summed E-state index contributed by atoms with van der Waals surface area (Å²) in [6.45, 7) is 0. The van der Waals surface area contributed by atoms with Crippen molar-refractivity contribution < 1.29 is 26.4 Å². The molecule has 0 heterocycles. The van der Waals surface area contributed by atoms with Crippen LogP contribution in [-0.4, -0.2) is 20.7 Å². The SMILES string of the molecule is CS(=O)(=O)c1cccc(NC(=O)Nc2ccc(C(F)(F)F)cc2)c1. The van der Waals surface area contributed by atoms with Gasteiger partial charge in [-0.1, -0.05) is 6.07 Å². The monoisotopic (exact) mass is 358 g/mol. The van der Waals surface area contributed by atoms with Crippen LogP contribution < -0.4 is 10.6 Å². The minimum Gasteiger partial charge on any atom is -0.308 e. The Hall–Kier alpha value is -2.55. The second-order valence-corrected chi connectivity index (χ2v) is 6.97. The van der Waals surface area contributed by atoms with Gasteiger partial charge in [0.05, 0.1) is 10.5 Å². The van der Waals surface area contributed by atoms with Crippen molar-refractivity contribution in [2.75, 3.05) is 16.9 Å². The van der Waals surface area contributed by atoms with Crippen LogP contribution in [0.2, 0.25) is 0 Å². The molecule has 2 N–H and O–H groups in total. The van der Waals surface area contributed by atoms with Crippen molar-refractivity contribution in [3.8, 4) is 0 Å². The number of hydrogen-bond acceptors (Lipinski definition) is 3. The molecule has 0 radical (unpaired) electrons. The third-order valence-electron chi connectivity index (χ3n) is 2.99. The van der Waals surface area contributed by atoms with Crippen LogP contribution in [0.5, 0.6) is 0 Å². The lowest BCUT2D eigenvalue weighted by Crippen LogP contribution is -2.19. The molecule has 9 heteroatoms. The fourth-order valence-corrected chi connectivity index (χ4v) is 2.51. The van der Waals surface area contributed by atoms with Crippen molar-refractivity contribution in [2.24, 2.45) is 0 Å². The van der Waals surface area contributed by atoms with Crippen LogP contribution in [-0.2, 0) is 16.0 Å². The molecule has 2 aromatic rings. The molecule has 0 aromatic heterocycles. The molecule has 24 heavy (non-hydrogen) atoms. The van der Waals surface area contributed by atoms with Crippen molar-refractivity contribution in [1.82, 2.24) is 0 Å². The maximum Gasteiger partial charge on any atom is 0.416 e. The van der Waals surface area contributed by atoms with Gasteiger partial charge in [-0.15, -0.1) is 0 Å². The molecule has 0 atom stereocenters. The van der Waals surface area contributed by atoms with Crippen molar-refractivity contribution >= 4 is 27.2 Å². The highest BCUT2D eigenvalue weighted by atomic mass is 32.2. The van der Waals surface area contributed by atoms with E-state index in [4.69, 9.17) is 0 Å². The minimum atomic E-state index is -4.45. The van der Waals surface area contributed by atoms with E-state index in [0.717, 1.165) is 30.5 Å². The van der Waals surface area contributed by atoms with E-state index in [1.54, 1.807) is 0 Å². The van der Waals surface area contributed by atoms with Crippen molar-refractivity contribution in [3.63, 3.8) is 0 Å². The van der Waals surface area contributed by atoms with E-state index in [0.29, 0.717) is 0 Å². The van der Waals surface area contributed by atoms with Crippen LogP contribution in [0.4, 0.5) is 29.3 Å². The molecule has 0 spiro atoms. The molecular formula is C15H13F3N2O3S. The van der Waals surface area contributed by atoms with Crippen molar-refractivity contribution in [2.45, 2.75) is 11.1 Å². The molecular weight excluding hydrogens is 345 g/mol. The first-order valence-corrected chi connectivity index (χ1v) is 8.50. The van der Waals surface area contributed by atoms with Gasteiger partial charge in [-0.05, 0) is 42.5 Å². The van der Waals surface area contributed by atoms with E-state index in [2.05, 4.69) is 10.6 Å². The van der Waals surface area contributed by atoms with Gasteiger partial charge in [-0.25, -0.2) is 13.2 Å². The van der Waals surface area contributed by atoms with E-state index >= 15 is 0 Å². The first-order chi connectivity index (χ1) is 11.1. The van der Waals surface area contributed by atoms with Crippen molar-refractivity contribution in [3.05, 3.63) is 54.1 Å². The number of rotatable bonds is 3. The second kappa shape index (κ2) is 6.52. The van der Waals surface area contributed by atoms with E-state index in [9.17, 15) is 26.4 Å². The average molecular weight is 358 g/mol. The van der Waals surface area contributed by atoms with Crippen LogP contribution in [0.25, 0.3) is 0 Å². The molecule has 0 unspecified atom stereocenters. The predicted molar refractivity (Wildman–Crippen MR) is 83.6 cm³/mol. The Kier molecular flexibility index (Phi) is 4.83. The number of urea groups is 1. The number of anilines is 2. The van der Waals surface area contributed by atoms with E-state index in [1.165, 1.54) is 24.3 Å². The summed E-state index contributed by atoms with van der Waals surface area (Å²) >= 11 is 0. The number of alkyl halides is 3. The Morgan fingerprint density at radius 2 is 1.54 bits per heavy atom. The van der Waals surface area contributed by atoms with Crippen LogP contribution in [0, 0.1) is 0 Å². The molecule has 2 rings (SSSR count). The summed E-state index contributed by atoms with van der Waals surface area (Å²) in [5, 5.41) is 4.77. The van der Waals surface area contributed by atoms with E-state index in [-0.39, 0.29) is 16.3 Å². The lowest BCUT2D eigenvalue weighted by molar-refractivity contribution is -0.137. The maximum atomic E-state index is 12.5. The van der Waals surface area contributed by atoms with Gasteiger partial charge in [0, 0.05) is 17.6 Å². The first-order valence-electron chi connectivity index (χ1n) is 6.61. The predicted octanol–water partition coefficient (Wildman–Crippen LogP) is 3.75. The fraction of sp³-hybridized carbons (Fsp3) is 0.133. The quantitative estimate of drug-likeness (QED) is 0.877. The number of benzene rings is 2. The summed E-state index contributed by atoms with van der Waals surface area (Å²) in [5.41, 5.74) is -0.420. The highest BCUT2D eigenvalue weighted by Gasteiger charge is 2.29. The average Bonchev–Trinajstić information content (AvgIpc) is 2.46. The standard InChI is InChI=1S/C15H13F3N2O3S/c1-24(22,23)13-4-2-3-12(9-13)20-14(21)19-11-7-5-10(6-8-11)15(16,17)18/h2-9H,1H3,(H2,19,20,21). The Labute approximate surface area is 136 Å². The summed E-state index contributed by atoms with van der Waals surface area (Å²) in [6, 6.07) is 8.84. The number of amides is 2. The molecule has 0 aliphatic carbocycles. The number of sulfone groups is 1. The van der Waals surface area contributed by atoms with Crippen LogP contribution in [0.3, 0.4) is 0 Å². The normalized spacial score (nSPS) is 11.8. The topological polar surface area (TPSA) is 75.3 Å². The van der Waals surface area contributed by atoms with Gasteiger partial charge in [0.1, 0.15) is 0 Å². The number of halogens is 3. The second-order valence-electron chi connectivity index (χ2n) is 4.95. The summed E-state index contributed by atoms with van der Waals surface area (Å²) in [7, 11) is -3.42. The minimum absolute atomic E-state index is 0.0369. The third-order valence-corrected chi connectivity index (χ3v) is 4.10. The molecule has 0 aliphatic rings. The molecule has 2 aromatic carbocycles. The van der Waals surface area contributed by atoms with E-state index < -0.39 is 27.6 Å². The summed E-state index contributed by atoms with van der Waals surface area (Å²) in [6.07, 6.45) is -3.42. The zero-order valence-electron chi connectivity index (χ0n) is 12.4. The number of carbonyl (C=O) groups is 1. The van der Waals surface area contributed by atoms with Gasteiger partial charge in [0.15, 0.2) is 9.84 Å². The molecule has 2 amide bonds. The van der Waals surface area contributed by atoms with Gasteiger partial charge < -0.3 is 10.6 Å². The molecule has 0 fully saturated rings. The van der Waals surface area contributed by atoms with Gasteiger partial charge in [0.2, 0.25) is 0 Å². The summed E-state index contributed by atoms with van der Waals surface area (Å²) in [4.78, 5) is 11.9. The molecule has 5 nitrogen and oxygen atoms in total. The highest BCUT2D eigenvalue weighted by Crippen LogP contribution is 2.29. The Morgan fingerprint density at radius 3 is 2.08 bits per heavy atom. The van der Waals surface area contributed by atoms with E-state index in [1.807, 2.05) is 0 Å². The molecule has 0 saturated heterocycles. The third kappa shape index (κ3) is 4.72. The van der Waals surface area contributed by atoms with Crippen LogP contribution in [0.1, 0.15) is 5.56 Å². The zero-order valence-corrected chi connectivity index (χ0v) is 13.2. The molecule has 0 saturated carbocycles. The van der Waals surface area contributed by atoms with Gasteiger partial charge in [-0.2, -0.15) is 13.2 Å². The number of nitrogens with one attached hydrogen (secondary N) is 2. The Bertz CT molecular complexity index is 847. The fourth-order valence-electron chi connectivity index (χ4n) is 1.84.